The Morgan fingerprint density at radius 3 is 2.50 bits per heavy atom. The predicted molar refractivity (Wildman–Crippen MR) is 116 cm³/mol. The molecular weight excluding hydrogens is 404 g/mol. The molecule has 0 spiro atoms. The first-order chi connectivity index (χ1) is 14.4. The van der Waals surface area contributed by atoms with Gasteiger partial charge < -0.3 is 14.8 Å². The molecule has 0 unspecified atom stereocenters. The molecule has 0 saturated carbocycles. The molecule has 1 aliphatic rings. The molecular formula is C22H26N2O5S. The van der Waals surface area contributed by atoms with Crippen LogP contribution in [0.4, 0.5) is 5.69 Å². The average molecular weight is 431 g/mol. The minimum atomic E-state index is -3.73. The van der Waals surface area contributed by atoms with Gasteiger partial charge in [0.25, 0.3) is 0 Å². The third kappa shape index (κ3) is 5.27. The van der Waals surface area contributed by atoms with Crippen molar-refractivity contribution in [2.24, 2.45) is 0 Å². The maximum absolute atomic E-state index is 13.0. The molecule has 160 valence electrons. The second kappa shape index (κ2) is 9.88. The molecule has 0 atom stereocenters. The molecule has 3 rings (SSSR count). The molecule has 2 aromatic rings. The fourth-order valence-corrected chi connectivity index (χ4v) is 4.70. The lowest BCUT2D eigenvalue weighted by Crippen LogP contribution is -2.40. The maximum Gasteiger partial charge on any atom is 0.248 e. The molecule has 0 radical (unpaired) electrons. The summed E-state index contributed by atoms with van der Waals surface area (Å²) in [5.74, 6) is -0.0354. The van der Waals surface area contributed by atoms with E-state index in [-0.39, 0.29) is 16.6 Å². The van der Waals surface area contributed by atoms with E-state index in [2.05, 4.69) is 12.2 Å². The number of methoxy groups -OCH3 is 1. The van der Waals surface area contributed by atoms with E-state index in [1.807, 2.05) is 24.3 Å². The fraction of sp³-hybridized carbons (Fsp3) is 0.318. The van der Waals surface area contributed by atoms with E-state index in [9.17, 15) is 13.2 Å². The maximum atomic E-state index is 13.0. The van der Waals surface area contributed by atoms with Crippen molar-refractivity contribution in [2.75, 3.05) is 38.7 Å². The van der Waals surface area contributed by atoms with Crippen LogP contribution in [0.2, 0.25) is 0 Å². The topological polar surface area (TPSA) is 84.9 Å². The molecule has 8 heteroatoms. The van der Waals surface area contributed by atoms with E-state index in [1.165, 1.54) is 29.1 Å². The summed E-state index contributed by atoms with van der Waals surface area (Å²) in [5.41, 5.74) is 2.47. The lowest BCUT2D eigenvalue weighted by atomic mass is 10.1. The van der Waals surface area contributed by atoms with Crippen LogP contribution in [0, 0.1) is 0 Å². The number of ether oxygens (including phenoxy) is 2. The first kappa shape index (κ1) is 22.0. The number of rotatable bonds is 7. The van der Waals surface area contributed by atoms with E-state index < -0.39 is 10.0 Å². The average Bonchev–Trinajstić information content (AvgIpc) is 2.78. The van der Waals surface area contributed by atoms with Crippen LogP contribution in [0.1, 0.15) is 18.1 Å². The number of carbonyl (C=O) groups is 1. The Bertz CT molecular complexity index is 1010. The van der Waals surface area contributed by atoms with Crippen molar-refractivity contribution >= 4 is 27.7 Å². The summed E-state index contributed by atoms with van der Waals surface area (Å²) >= 11 is 0. The second-order valence-corrected chi connectivity index (χ2v) is 8.71. The molecule has 0 bridgehead atoms. The monoisotopic (exact) mass is 430 g/mol. The largest absolute Gasteiger partial charge is 0.495 e. The van der Waals surface area contributed by atoms with Gasteiger partial charge in [-0.3, -0.25) is 4.79 Å². The van der Waals surface area contributed by atoms with Crippen LogP contribution >= 0.6 is 0 Å². The lowest BCUT2D eigenvalue weighted by Gasteiger charge is -2.26. The van der Waals surface area contributed by atoms with Gasteiger partial charge in [0.05, 0.1) is 20.3 Å². The number of nitrogens with one attached hydrogen (secondary N) is 1. The number of anilines is 1. The standard InChI is InChI=1S/C22H26N2O5S/c1-3-17-4-8-19(9-5-17)23-22(25)11-7-18-6-10-20(28-2)21(16-18)30(26,27)24-12-14-29-15-13-24/h4-11,16H,3,12-15H2,1-2H3,(H,23,25). The van der Waals surface area contributed by atoms with Crippen molar-refractivity contribution in [1.82, 2.24) is 4.31 Å². The molecule has 1 fully saturated rings. The van der Waals surface area contributed by atoms with Gasteiger partial charge in [-0.05, 0) is 47.9 Å². The number of sulfonamides is 1. The molecule has 1 heterocycles. The summed E-state index contributed by atoms with van der Waals surface area (Å²) < 4.78 is 38.0. The second-order valence-electron chi connectivity index (χ2n) is 6.80. The highest BCUT2D eigenvalue weighted by atomic mass is 32.2. The summed E-state index contributed by atoms with van der Waals surface area (Å²) in [7, 11) is -2.30. The Hall–Kier alpha value is -2.68. The van der Waals surface area contributed by atoms with E-state index in [0.717, 1.165) is 6.42 Å². The van der Waals surface area contributed by atoms with Gasteiger partial charge in [0.2, 0.25) is 15.9 Å². The molecule has 1 amide bonds. The van der Waals surface area contributed by atoms with Gasteiger partial charge in [-0.15, -0.1) is 0 Å². The number of morpholine rings is 1. The first-order valence-corrected chi connectivity index (χ1v) is 11.2. The minimum absolute atomic E-state index is 0.0737. The fourth-order valence-electron chi connectivity index (χ4n) is 3.10. The van der Waals surface area contributed by atoms with Crippen molar-refractivity contribution in [3.63, 3.8) is 0 Å². The lowest BCUT2D eigenvalue weighted by molar-refractivity contribution is -0.111. The molecule has 7 nitrogen and oxygen atoms in total. The van der Waals surface area contributed by atoms with Crippen LogP contribution in [0.5, 0.6) is 5.75 Å². The number of hydrogen-bond donors (Lipinski definition) is 1. The Kier molecular flexibility index (Phi) is 7.25. The zero-order chi connectivity index (χ0) is 21.6. The number of benzene rings is 2. The summed E-state index contributed by atoms with van der Waals surface area (Å²) in [5, 5.41) is 2.79. The first-order valence-electron chi connectivity index (χ1n) is 9.78. The van der Waals surface area contributed by atoms with Crippen molar-refractivity contribution in [3.8, 4) is 5.75 Å². The number of amides is 1. The summed E-state index contributed by atoms with van der Waals surface area (Å²) in [4.78, 5) is 12.3. The van der Waals surface area contributed by atoms with Crippen LogP contribution in [0.25, 0.3) is 6.08 Å². The molecule has 1 N–H and O–H groups in total. The predicted octanol–water partition coefficient (Wildman–Crippen LogP) is 2.93. The van der Waals surface area contributed by atoms with E-state index in [4.69, 9.17) is 9.47 Å². The zero-order valence-electron chi connectivity index (χ0n) is 17.1. The van der Waals surface area contributed by atoms with Crippen LogP contribution < -0.4 is 10.1 Å². The van der Waals surface area contributed by atoms with Crippen molar-refractivity contribution < 1.29 is 22.7 Å². The molecule has 1 saturated heterocycles. The number of aryl methyl sites for hydroxylation is 1. The van der Waals surface area contributed by atoms with Gasteiger partial charge >= 0.3 is 0 Å². The summed E-state index contributed by atoms with van der Waals surface area (Å²) in [6.07, 6.45) is 3.88. The summed E-state index contributed by atoms with van der Waals surface area (Å²) in [6, 6.07) is 12.4. The zero-order valence-corrected chi connectivity index (χ0v) is 17.9. The van der Waals surface area contributed by atoms with Crippen molar-refractivity contribution in [3.05, 3.63) is 59.7 Å². The Morgan fingerprint density at radius 1 is 1.17 bits per heavy atom. The van der Waals surface area contributed by atoms with Gasteiger partial charge in [0.15, 0.2) is 0 Å². The normalized spacial score (nSPS) is 15.3. The third-order valence-electron chi connectivity index (χ3n) is 4.83. The SMILES string of the molecule is CCc1ccc(NC(=O)C=Cc2ccc(OC)c(S(=O)(=O)N3CCOCC3)c2)cc1. The van der Waals surface area contributed by atoms with E-state index in [1.54, 1.807) is 18.2 Å². The van der Waals surface area contributed by atoms with Crippen LogP contribution in [-0.2, 0) is 26.0 Å². The van der Waals surface area contributed by atoms with Gasteiger partial charge in [-0.25, -0.2) is 8.42 Å². The Morgan fingerprint density at radius 2 is 1.87 bits per heavy atom. The quantitative estimate of drug-likeness (QED) is 0.683. The van der Waals surface area contributed by atoms with Gasteiger partial charge in [-0.1, -0.05) is 25.1 Å². The molecule has 30 heavy (non-hydrogen) atoms. The van der Waals surface area contributed by atoms with E-state index in [0.29, 0.717) is 37.6 Å². The highest BCUT2D eigenvalue weighted by Gasteiger charge is 2.29. The summed E-state index contributed by atoms with van der Waals surface area (Å²) in [6.45, 7) is 3.38. The van der Waals surface area contributed by atoms with Gasteiger partial charge in [-0.2, -0.15) is 4.31 Å². The van der Waals surface area contributed by atoms with Crippen molar-refractivity contribution in [1.29, 1.82) is 0 Å². The van der Waals surface area contributed by atoms with Gasteiger partial charge in [0, 0.05) is 24.9 Å². The number of nitrogens with zero attached hydrogens (tertiary/aromatic N) is 1. The molecule has 0 aromatic heterocycles. The van der Waals surface area contributed by atoms with Crippen LogP contribution in [0.15, 0.2) is 53.4 Å². The minimum Gasteiger partial charge on any atom is -0.495 e. The van der Waals surface area contributed by atoms with E-state index >= 15 is 0 Å². The molecule has 0 aliphatic carbocycles. The number of hydrogen-bond acceptors (Lipinski definition) is 5. The Balaban J connectivity index is 1.77. The van der Waals surface area contributed by atoms with Gasteiger partial charge in [0.1, 0.15) is 10.6 Å². The van der Waals surface area contributed by atoms with Crippen LogP contribution in [0.3, 0.4) is 0 Å². The molecule has 1 aliphatic heterocycles. The number of carbonyl (C=O) groups excluding carboxylic acids is 1. The Labute approximate surface area is 177 Å². The van der Waals surface area contributed by atoms with Crippen LogP contribution in [-0.4, -0.2) is 52.0 Å². The highest BCUT2D eigenvalue weighted by molar-refractivity contribution is 7.89. The highest BCUT2D eigenvalue weighted by Crippen LogP contribution is 2.28. The van der Waals surface area contributed by atoms with Crippen molar-refractivity contribution in [2.45, 2.75) is 18.2 Å². The third-order valence-corrected chi connectivity index (χ3v) is 6.75. The smallest absolute Gasteiger partial charge is 0.248 e. The molecule has 2 aromatic carbocycles.